The number of benzene rings is 3. The number of halogens is 1. The van der Waals surface area contributed by atoms with Crippen molar-refractivity contribution < 1.29 is 24.1 Å². The fraction of sp³-hybridized carbons (Fsp3) is 0.333. The highest BCUT2D eigenvalue weighted by atomic mass is 79.9. The zero-order chi connectivity index (χ0) is 26.8. The van der Waals surface area contributed by atoms with Gasteiger partial charge in [-0.15, -0.1) is 0 Å². The maximum Gasteiger partial charge on any atom is 0.251 e. The number of aliphatic imine (C=N–C) groups is 1. The van der Waals surface area contributed by atoms with Crippen LogP contribution in [0.1, 0.15) is 30.0 Å². The highest BCUT2D eigenvalue weighted by Crippen LogP contribution is 2.28. The molecular weight excluding hydrogens is 548 g/mol. The van der Waals surface area contributed by atoms with E-state index in [1.807, 2.05) is 79.7 Å². The van der Waals surface area contributed by atoms with Crippen LogP contribution in [0.3, 0.4) is 0 Å². The van der Waals surface area contributed by atoms with Gasteiger partial charge in [0.2, 0.25) is 5.90 Å². The lowest BCUT2D eigenvalue weighted by Gasteiger charge is -2.23. The summed E-state index contributed by atoms with van der Waals surface area (Å²) in [5.41, 5.74) is 1.73. The predicted octanol–water partition coefficient (Wildman–Crippen LogP) is 4.73. The quantitative estimate of drug-likeness (QED) is 0.285. The van der Waals surface area contributed by atoms with E-state index in [1.165, 1.54) is 0 Å². The largest absolute Gasteiger partial charge is 0.494 e. The van der Waals surface area contributed by atoms with Crippen molar-refractivity contribution in [2.75, 3.05) is 33.0 Å². The van der Waals surface area contributed by atoms with Crippen molar-refractivity contribution in [3.63, 3.8) is 0 Å². The van der Waals surface area contributed by atoms with Crippen LogP contribution in [0.2, 0.25) is 0 Å². The molecule has 200 valence electrons. The molecule has 0 saturated carbocycles. The number of carbonyl (C=O) groups excluding carboxylic acids is 1. The van der Waals surface area contributed by atoms with Gasteiger partial charge in [-0.2, -0.15) is 0 Å². The monoisotopic (exact) mass is 580 g/mol. The van der Waals surface area contributed by atoms with Crippen molar-refractivity contribution in [2.45, 2.75) is 31.7 Å². The third-order valence-electron chi connectivity index (χ3n) is 6.22. The van der Waals surface area contributed by atoms with Gasteiger partial charge in [-0.25, -0.2) is 4.99 Å². The van der Waals surface area contributed by atoms with E-state index in [0.717, 1.165) is 26.9 Å². The maximum atomic E-state index is 13.6. The first kappa shape index (κ1) is 27.7. The van der Waals surface area contributed by atoms with Gasteiger partial charge >= 0.3 is 0 Å². The average Bonchev–Trinajstić information content (AvgIpc) is 3.37. The first-order valence-corrected chi connectivity index (χ1v) is 13.6. The van der Waals surface area contributed by atoms with Crippen LogP contribution in [0.4, 0.5) is 0 Å². The Morgan fingerprint density at radius 2 is 1.84 bits per heavy atom. The van der Waals surface area contributed by atoms with Gasteiger partial charge in [-0.1, -0.05) is 46.3 Å². The van der Waals surface area contributed by atoms with Crippen molar-refractivity contribution in [2.24, 2.45) is 4.99 Å². The molecule has 3 aromatic rings. The molecule has 1 aliphatic heterocycles. The highest BCUT2D eigenvalue weighted by molar-refractivity contribution is 9.10. The number of aliphatic hydroxyl groups excluding tert-OH is 1. The van der Waals surface area contributed by atoms with Gasteiger partial charge < -0.3 is 24.6 Å². The minimum atomic E-state index is -1.08. The zero-order valence-corrected chi connectivity index (χ0v) is 23.1. The molecule has 0 aliphatic carbocycles. The molecule has 0 aromatic heterocycles. The van der Waals surface area contributed by atoms with Crippen molar-refractivity contribution in [1.29, 1.82) is 0 Å². The van der Waals surface area contributed by atoms with Crippen molar-refractivity contribution in [1.82, 2.24) is 5.32 Å². The van der Waals surface area contributed by atoms with E-state index in [9.17, 15) is 4.79 Å². The molecule has 1 heterocycles. The second-order valence-electron chi connectivity index (χ2n) is 9.04. The van der Waals surface area contributed by atoms with Gasteiger partial charge in [0, 0.05) is 36.0 Å². The van der Waals surface area contributed by atoms with Crippen LogP contribution >= 0.6 is 15.9 Å². The molecule has 1 amide bonds. The number of ether oxygens (including phenoxy) is 3. The molecule has 8 heteroatoms. The Hall–Kier alpha value is -3.36. The van der Waals surface area contributed by atoms with Crippen molar-refractivity contribution in [3.8, 4) is 11.5 Å². The van der Waals surface area contributed by atoms with Gasteiger partial charge in [0.15, 0.2) is 5.54 Å². The average molecular weight is 582 g/mol. The van der Waals surface area contributed by atoms with Crippen LogP contribution < -0.4 is 14.8 Å². The molecule has 0 bridgehead atoms. The normalized spacial score (nSPS) is 16.4. The van der Waals surface area contributed by atoms with E-state index in [1.54, 1.807) is 0 Å². The Labute approximate surface area is 232 Å². The summed E-state index contributed by atoms with van der Waals surface area (Å²) in [6.45, 7) is 3.68. The molecule has 0 unspecified atom stereocenters. The first-order valence-electron chi connectivity index (χ1n) is 12.8. The molecular formula is C30H33BrN2O5. The van der Waals surface area contributed by atoms with E-state index in [0.29, 0.717) is 50.7 Å². The lowest BCUT2D eigenvalue weighted by atomic mass is 9.91. The van der Waals surface area contributed by atoms with Gasteiger partial charge in [0.25, 0.3) is 5.91 Å². The minimum absolute atomic E-state index is 0.0876. The van der Waals surface area contributed by atoms with E-state index >= 15 is 0 Å². The van der Waals surface area contributed by atoms with Gasteiger partial charge in [-0.05, 0) is 66.9 Å². The lowest BCUT2D eigenvalue weighted by Crippen LogP contribution is -2.49. The number of hydrogen-bond donors (Lipinski definition) is 2. The number of aliphatic hydroxyl groups is 1. The van der Waals surface area contributed by atoms with Crippen LogP contribution in [0.25, 0.3) is 0 Å². The van der Waals surface area contributed by atoms with Crippen LogP contribution in [0.15, 0.2) is 82.3 Å². The first-order chi connectivity index (χ1) is 18.5. The molecule has 0 radical (unpaired) electrons. The summed E-state index contributed by atoms with van der Waals surface area (Å²) in [6, 6.07) is 23.2. The van der Waals surface area contributed by atoms with Crippen LogP contribution in [0, 0.1) is 0 Å². The van der Waals surface area contributed by atoms with Gasteiger partial charge in [0.1, 0.15) is 18.1 Å². The Balaban J connectivity index is 1.51. The predicted molar refractivity (Wildman–Crippen MR) is 151 cm³/mol. The van der Waals surface area contributed by atoms with Gasteiger partial charge in [-0.3, -0.25) is 4.79 Å². The van der Waals surface area contributed by atoms with Crippen molar-refractivity contribution in [3.05, 3.63) is 94.0 Å². The second-order valence-corrected chi connectivity index (χ2v) is 9.95. The van der Waals surface area contributed by atoms with Crippen molar-refractivity contribution >= 4 is 27.7 Å². The number of nitrogens with zero attached hydrogens (tertiary/aromatic N) is 1. The topological polar surface area (TPSA) is 89.4 Å². The number of hydrogen-bond acceptors (Lipinski definition) is 6. The molecule has 2 N–H and O–H groups in total. The SMILES string of the molecule is CCOc1ccccc1CCNC(=O)[C@@]1(Cc2ccc(Br)cc2)COC(c2ccc(OCCCO)cc2)=N1. The number of rotatable bonds is 13. The maximum absolute atomic E-state index is 13.6. The Morgan fingerprint density at radius 3 is 2.58 bits per heavy atom. The summed E-state index contributed by atoms with van der Waals surface area (Å²) in [6.07, 6.45) is 1.63. The van der Waals surface area contributed by atoms with E-state index < -0.39 is 5.54 Å². The summed E-state index contributed by atoms with van der Waals surface area (Å²) < 4.78 is 18.3. The minimum Gasteiger partial charge on any atom is -0.494 e. The summed E-state index contributed by atoms with van der Waals surface area (Å²) in [7, 11) is 0. The number of nitrogens with one attached hydrogen (secondary N) is 1. The van der Waals surface area contributed by atoms with E-state index in [-0.39, 0.29) is 19.1 Å². The molecule has 0 saturated heterocycles. The standard InChI is InChI=1S/C30H33BrN2O5/c1-2-36-27-7-4-3-6-23(27)16-17-32-29(35)30(20-22-8-12-25(31)13-9-22)21-38-28(33-30)24-10-14-26(15-11-24)37-19-5-18-34/h3-4,6-15,34H,2,5,16-21H2,1H3,(H,32,35)/t30-/m1/s1. The second kappa shape index (κ2) is 13.4. The Kier molecular flexibility index (Phi) is 9.79. The highest BCUT2D eigenvalue weighted by Gasteiger charge is 2.44. The molecule has 38 heavy (non-hydrogen) atoms. The fourth-order valence-corrected chi connectivity index (χ4v) is 4.52. The third-order valence-corrected chi connectivity index (χ3v) is 6.75. The fourth-order valence-electron chi connectivity index (χ4n) is 4.25. The van der Waals surface area contributed by atoms with Crippen LogP contribution in [-0.4, -0.2) is 55.4 Å². The number of para-hydroxylation sites is 1. The Morgan fingerprint density at radius 1 is 1.08 bits per heavy atom. The lowest BCUT2D eigenvalue weighted by molar-refractivity contribution is -0.126. The zero-order valence-electron chi connectivity index (χ0n) is 21.5. The molecule has 0 spiro atoms. The smallest absolute Gasteiger partial charge is 0.251 e. The Bertz CT molecular complexity index is 1230. The molecule has 3 aromatic carbocycles. The molecule has 7 nitrogen and oxygen atoms in total. The van der Waals surface area contributed by atoms with Crippen LogP contribution in [0.5, 0.6) is 11.5 Å². The number of carbonyl (C=O) groups is 1. The molecule has 1 aliphatic rings. The summed E-state index contributed by atoms with van der Waals surface area (Å²) in [5.74, 6) is 1.79. The summed E-state index contributed by atoms with van der Waals surface area (Å²) >= 11 is 3.48. The summed E-state index contributed by atoms with van der Waals surface area (Å²) in [5, 5.41) is 12.0. The molecule has 4 rings (SSSR count). The van der Waals surface area contributed by atoms with E-state index in [2.05, 4.69) is 21.2 Å². The van der Waals surface area contributed by atoms with Crippen LogP contribution in [-0.2, 0) is 22.4 Å². The third kappa shape index (κ3) is 7.14. The molecule has 0 fully saturated rings. The van der Waals surface area contributed by atoms with E-state index in [4.69, 9.17) is 24.3 Å². The summed E-state index contributed by atoms with van der Waals surface area (Å²) in [4.78, 5) is 18.5. The molecule has 1 atom stereocenters. The number of amides is 1. The van der Waals surface area contributed by atoms with Gasteiger partial charge in [0.05, 0.1) is 13.2 Å².